The molecule has 110 valence electrons. The van der Waals surface area contributed by atoms with Crippen LogP contribution in [0.25, 0.3) is 0 Å². The summed E-state index contributed by atoms with van der Waals surface area (Å²) in [6.45, 7) is 8.37. The van der Waals surface area contributed by atoms with Gasteiger partial charge in [-0.25, -0.2) is 0 Å². The van der Waals surface area contributed by atoms with Gasteiger partial charge >= 0.3 is 0 Å². The molecule has 0 bridgehead atoms. The summed E-state index contributed by atoms with van der Waals surface area (Å²) in [6, 6.07) is 4.52. The quantitative estimate of drug-likeness (QED) is 0.883. The molecular formula is C17H25NOS. The Hall–Kier alpha value is -0.850. The number of nitrogens with zero attached hydrogens (tertiary/aromatic N) is 1. The number of hydrogen-bond donors (Lipinski definition) is 1. The maximum atomic E-state index is 11.1. The van der Waals surface area contributed by atoms with Gasteiger partial charge in [0, 0.05) is 4.88 Å². The molecule has 2 rings (SSSR count). The van der Waals surface area contributed by atoms with Crippen molar-refractivity contribution in [3.63, 3.8) is 0 Å². The van der Waals surface area contributed by atoms with Crippen LogP contribution in [0.5, 0.6) is 0 Å². The SMILES string of the molecule is Cc1ccsc1C(C)(O)C1(C#N)CCC(C(C)C)CC1. The molecule has 0 aromatic carbocycles. The van der Waals surface area contributed by atoms with Crippen LogP contribution in [0.4, 0.5) is 0 Å². The Morgan fingerprint density at radius 1 is 1.45 bits per heavy atom. The van der Waals surface area contributed by atoms with Crippen molar-refractivity contribution in [1.29, 1.82) is 5.26 Å². The predicted octanol–water partition coefficient (Wildman–Crippen LogP) is 4.62. The lowest BCUT2D eigenvalue weighted by molar-refractivity contribution is -0.0698. The minimum atomic E-state index is -1.04. The van der Waals surface area contributed by atoms with Crippen LogP contribution in [0.1, 0.15) is 56.9 Å². The van der Waals surface area contributed by atoms with Crippen molar-refractivity contribution < 1.29 is 5.11 Å². The smallest absolute Gasteiger partial charge is 0.115 e. The van der Waals surface area contributed by atoms with Crippen LogP contribution in [-0.4, -0.2) is 5.11 Å². The second-order valence-corrected chi connectivity index (χ2v) is 7.70. The third-order valence-electron chi connectivity index (χ3n) is 5.28. The maximum Gasteiger partial charge on any atom is 0.115 e. The molecule has 2 nitrogen and oxygen atoms in total. The molecule has 1 unspecified atom stereocenters. The van der Waals surface area contributed by atoms with Crippen LogP contribution in [0.3, 0.4) is 0 Å². The van der Waals surface area contributed by atoms with Gasteiger partial charge in [0.25, 0.3) is 0 Å². The highest BCUT2D eigenvalue weighted by Crippen LogP contribution is 2.53. The van der Waals surface area contributed by atoms with Gasteiger partial charge in [0.05, 0.1) is 11.5 Å². The molecule has 1 saturated carbocycles. The molecule has 3 heteroatoms. The number of aryl methyl sites for hydroxylation is 1. The van der Waals surface area contributed by atoms with Gasteiger partial charge in [-0.3, -0.25) is 0 Å². The first-order valence-corrected chi connectivity index (χ1v) is 8.40. The van der Waals surface area contributed by atoms with E-state index in [4.69, 9.17) is 0 Å². The summed E-state index contributed by atoms with van der Waals surface area (Å²) in [4.78, 5) is 0.960. The normalized spacial score (nSPS) is 29.9. The van der Waals surface area contributed by atoms with Crippen LogP contribution in [0.15, 0.2) is 11.4 Å². The first-order chi connectivity index (χ1) is 9.34. The van der Waals surface area contributed by atoms with E-state index in [1.165, 1.54) is 0 Å². The Morgan fingerprint density at radius 3 is 2.45 bits per heavy atom. The summed E-state index contributed by atoms with van der Waals surface area (Å²) in [5.74, 6) is 1.36. The molecule has 0 saturated heterocycles. The monoisotopic (exact) mass is 291 g/mol. The Bertz CT molecular complexity index is 501. The summed E-state index contributed by atoms with van der Waals surface area (Å²) in [7, 11) is 0. The topological polar surface area (TPSA) is 44.0 Å². The van der Waals surface area contributed by atoms with Crippen LogP contribution >= 0.6 is 11.3 Å². The van der Waals surface area contributed by atoms with E-state index in [0.717, 1.165) is 36.1 Å². The van der Waals surface area contributed by atoms with E-state index in [0.29, 0.717) is 11.8 Å². The van der Waals surface area contributed by atoms with Crippen molar-refractivity contribution in [3.8, 4) is 6.07 Å². The molecule has 1 aromatic rings. The molecule has 0 spiro atoms. The number of thiophene rings is 1. The molecule has 1 N–H and O–H groups in total. The first-order valence-electron chi connectivity index (χ1n) is 7.52. The largest absolute Gasteiger partial charge is 0.383 e. The molecule has 1 heterocycles. The molecule has 1 atom stereocenters. The predicted molar refractivity (Wildman–Crippen MR) is 83.5 cm³/mol. The summed E-state index contributed by atoms with van der Waals surface area (Å²) in [5, 5.41) is 22.9. The second-order valence-electron chi connectivity index (χ2n) is 6.78. The molecule has 1 fully saturated rings. The highest BCUT2D eigenvalue weighted by Gasteiger charge is 2.51. The summed E-state index contributed by atoms with van der Waals surface area (Å²) >= 11 is 1.57. The Balaban J connectivity index is 2.29. The lowest BCUT2D eigenvalue weighted by Crippen LogP contribution is -2.45. The van der Waals surface area contributed by atoms with Crippen molar-refractivity contribution in [2.45, 2.75) is 59.0 Å². The highest BCUT2D eigenvalue weighted by atomic mass is 32.1. The van der Waals surface area contributed by atoms with Gasteiger partial charge in [-0.2, -0.15) is 5.26 Å². The Labute approximate surface area is 126 Å². The number of rotatable bonds is 3. The maximum absolute atomic E-state index is 11.1. The van der Waals surface area contributed by atoms with Gasteiger partial charge in [0.2, 0.25) is 0 Å². The molecule has 1 aliphatic carbocycles. The Kier molecular flexibility index (Phi) is 4.27. The van der Waals surface area contributed by atoms with Crippen molar-refractivity contribution in [1.82, 2.24) is 0 Å². The first kappa shape index (κ1) is 15.5. The van der Waals surface area contributed by atoms with Crippen LogP contribution in [0, 0.1) is 35.5 Å². The van der Waals surface area contributed by atoms with E-state index < -0.39 is 11.0 Å². The fourth-order valence-electron chi connectivity index (χ4n) is 3.60. The molecule has 1 aromatic heterocycles. The number of aliphatic hydroxyl groups is 1. The fraction of sp³-hybridized carbons (Fsp3) is 0.706. The third kappa shape index (κ3) is 2.40. The molecule has 0 aliphatic heterocycles. The van der Waals surface area contributed by atoms with E-state index in [2.05, 4.69) is 19.9 Å². The average Bonchev–Trinajstić information content (AvgIpc) is 2.85. The van der Waals surface area contributed by atoms with Crippen molar-refractivity contribution in [2.75, 3.05) is 0 Å². The minimum absolute atomic E-state index is 0.631. The average molecular weight is 291 g/mol. The van der Waals surface area contributed by atoms with E-state index in [9.17, 15) is 10.4 Å². The summed E-state index contributed by atoms with van der Waals surface area (Å²) in [5.41, 5.74) is -0.573. The standard InChI is InChI=1S/C17H25NOS/c1-12(2)14-5-8-17(11-18,9-6-14)16(4,19)15-13(3)7-10-20-15/h7,10,12,14,19H,5-6,8-9H2,1-4H3. The Morgan fingerprint density at radius 2 is 2.05 bits per heavy atom. The minimum Gasteiger partial charge on any atom is -0.383 e. The zero-order valence-corrected chi connectivity index (χ0v) is 13.8. The number of hydrogen-bond acceptors (Lipinski definition) is 3. The molecule has 0 radical (unpaired) electrons. The molecular weight excluding hydrogens is 266 g/mol. The van der Waals surface area contributed by atoms with E-state index in [1.54, 1.807) is 11.3 Å². The van der Waals surface area contributed by atoms with E-state index in [1.807, 2.05) is 25.3 Å². The lowest BCUT2D eigenvalue weighted by atomic mass is 9.60. The van der Waals surface area contributed by atoms with E-state index >= 15 is 0 Å². The van der Waals surface area contributed by atoms with Gasteiger partial charge in [-0.1, -0.05) is 13.8 Å². The van der Waals surface area contributed by atoms with Crippen molar-refractivity contribution in [3.05, 3.63) is 21.9 Å². The van der Waals surface area contributed by atoms with E-state index in [-0.39, 0.29) is 0 Å². The van der Waals surface area contributed by atoms with Crippen molar-refractivity contribution in [2.24, 2.45) is 17.3 Å². The van der Waals surface area contributed by atoms with Gasteiger partial charge in [0.15, 0.2) is 0 Å². The second kappa shape index (κ2) is 5.50. The lowest BCUT2D eigenvalue weighted by Gasteiger charge is -2.45. The number of nitriles is 1. The fourth-order valence-corrected chi connectivity index (χ4v) is 4.68. The van der Waals surface area contributed by atoms with Crippen LogP contribution < -0.4 is 0 Å². The molecule has 20 heavy (non-hydrogen) atoms. The summed E-state index contributed by atoms with van der Waals surface area (Å²) < 4.78 is 0. The molecule has 0 amide bonds. The van der Waals surface area contributed by atoms with Gasteiger partial charge in [-0.15, -0.1) is 11.3 Å². The third-order valence-corrected chi connectivity index (χ3v) is 6.50. The van der Waals surface area contributed by atoms with Gasteiger partial charge < -0.3 is 5.11 Å². The van der Waals surface area contributed by atoms with Gasteiger partial charge in [-0.05, 0) is 68.4 Å². The zero-order chi connectivity index (χ0) is 15.0. The highest BCUT2D eigenvalue weighted by molar-refractivity contribution is 7.10. The van der Waals surface area contributed by atoms with Gasteiger partial charge in [0.1, 0.15) is 5.60 Å². The van der Waals surface area contributed by atoms with Crippen LogP contribution in [0.2, 0.25) is 0 Å². The summed E-state index contributed by atoms with van der Waals surface area (Å²) in [6.07, 6.45) is 3.70. The van der Waals surface area contributed by atoms with Crippen LogP contribution in [-0.2, 0) is 5.60 Å². The molecule has 1 aliphatic rings. The zero-order valence-electron chi connectivity index (χ0n) is 12.9. The van der Waals surface area contributed by atoms with Crippen molar-refractivity contribution >= 4 is 11.3 Å².